The van der Waals surface area contributed by atoms with Crippen molar-refractivity contribution in [3.63, 3.8) is 0 Å². The van der Waals surface area contributed by atoms with E-state index in [9.17, 15) is 0 Å². The van der Waals surface area contributed by atoms with Crippen LogP contribution < -0.4 is 5.32 Å². The number of nitrogens with zero attached hydrogens (tertiary/aromatic N) is 1. The predicted octanol–water partition coefficient (Wildman–Crippen LogP) is 8.66. The molecule has 2 atom stereocenters. The first-order chi connectivity index (χ1) is 19.3. The lowest BCUT2D eigenvalue weighted by atomic mass is 9.78. The first kappa shape index (κ1) is 24.1. The van der Waals surface area contributed by atoms with E-state index in [-0.39, 0.29) is 0 Å². The van der Waals surface area contributed by atoms with E-state index in [4.69, 9.17) is 4.98 Å². The molecule has 1 fully saturated rings. The molecule has 0 bridgehead atoms. The zero-order valence-electron chi connectivity index (χ0n) is 22.3. The minimum absolute atomic E-state index is 0.408. The molecule has 2 aliphatic rings. The average Bonchev–Trinajstić information content (AvgIpc) is 3.02. The normalized spacial score (nSPS) is 18.3. The molecule has 1 N–H and O–H groups in total. The van der Waals surface area contributed by atoms with Gasteiger partial charge >= 0.3 is 0 Å². The van der Waals surface area contributed by atoms with Crippen molar-refractivity contribution in [2.75, 3.05) is 6.54 Å². The molecule has 0 spiro atoms. The number of aromatic nitrogens is 1. The zero-order valence-corrected chi connectivity index (χ0v) is 22.3. The molecule has 0 radical (unpaired) electrons. The largest absolute Gasteiger partial charge is 0.308 e. The van der Waals surface area contributed by atoms with Gasteiger partial charge in [0.1, 0.15) is 0 Å². The van der Waals surface area contributed by atoms with Crippen molar-refractivity contribution >= 4 is 0 Å². The van der Waals surface area contributed by atoms with Crippen molar-refractivity contribution in [3.05, 3.63) is 138 Å². The van der Waals surface area contributed by atoms with Crippen molar-refractivity contribution in [1.29, 1.82) is 0 Å². The molecule has 39 heavy (non-hydrogen) atoms. The summed E-state index contributed by atoms with van der Waals surface area (Å²) in [6.07, 6.45) is 5.90. The smallest absolute Gasteiger partial charge is 0.0709 e. The van der Waals surface area contributed by atoms with Crippen molar-refractivity contribution in [2.45, 2.75) is 38.1 Å². The fourth-order valence-corrected chi connectivity index (χ4v) is 6.59. The predicted molar refractivity (Wildman–Crippen MR) is 162 cm³/mol. The molecule has 2 nitrogen and oxygen atoms in total. The maximum absolute atomic E-state index is 5.34. The highest BCUT2D eigenvalue weighted by atomic mass is 15.0. The van der Waals surface area contributed by atoms with Crippen LogP contribution in [0.3, 0.4) is 0 Å². The lowest BCUT2D eigenvalue weighted by Crippen LogP contribution is -2.38. The topological polar surface area (TPSA) is 24.9 Å². The van der Waals surface area contributed by atoms with E-state index < -0.39 is 0 Å². The van der Waals surface area contributed by atoms with Gasteiger partial charge < -0.3 is 5.32 Å². The van der Waals surface area contributed by atoms with Crippen molar-refractivity contribution in [3.8, 4) is 33.5 Å². The summed E-state index contributed by atoms with van der Waals surface area (Å²) in [6, 6.07) is 42.3. The third kappa shape index (κ3) is 4.93. The molecular formula is C37H34N2. The lowest BCUT2D eigenvalue weighted by Gasteiger charge is -2.37. The van der Waals surface area contributed by atoms with Crippen LogP contribution in [0.2, 0.25) is 0 Å². The highest BCUT2D eigenvalue weighted by molar-refractivity contribution is 5.75. The number of aryl methyl sites for hydroxylation is 1. The van der Waals surface area contributed by atoms with Crippen LogP contribution in [0.25, 0.3) is 33.5 Å². The van der Waals surface area contributed by atoms with Crippen molar-refractivity contribution in [2.24, 2.45) is 5.92 Å². The third-order valence-electron chi connectivity index (χ3n) is 8.57. The maximum Gasteiger partial charge on any atom is 0.0709 e. The Hall–Kier alpha value is -4.01. The Morgan fingerprint density at radius 2 is 1.36 bits per heavy atom. The molecule has 2 heteroatoms. The van der Waals surface area contributed by atoms with Crippen molar-refractivity contribution < 1.29 is 0 Å². The molecule has 1 aliphatic heterocycles. The van der Waals surface area contributed by atoms with E-state index in [0.29, 0.717) is 6.04 Å². The molecule has 2 unspecified atom stereocenters. The van der Waals surface area contributed by atoms with Gasteiger partial charge in [0.15, 0.2) is 0 Å². The highest BCUT2D eigenvalue weighted by Gasteiger charge is 2.32. The third-order valence-corrected chi connectivity index (χ3v) is 8.57. The summed E-state index contributed by atoms with van der Waals surface area (Å²) in [5.41, 5.74) is 12.7. The maximum atomic E-state index is 5.34. The first-order valence-corrected chi connectivity index (χ1v) is 14.4. The molecule has 1 aliphatic carbocycles. The fourth-order valence-electron chi connectivity index (χ4n) is 6.59. The number of pyridine rings is 1. The Morgan fingerprint density at radius 1 is 0.667 bits per heavy atom. The van der Waals surface area contributed by atoms with E-state index in [1.807, 2.05) is 0 Å². The van der Waals surface area contributed by atoms with E-state index >= 15 is 0 Å². The number of fused-ring (bicyclic) bond motifs is 3. The van der Waals surface area contributed by atoms with Gasteiger partial charge in [0.05, 0.1) is 17.4 Å². The van der Waals surface area contributed by atoms with Crippen LogP contribution in [-0.2, 0) is 12.8 Å². The number of benzene rings is 4. The average molecular weight is 507 g/mol. The van der Waals surface area contributed by atoms with Gasteiger partial charge in [0, 0.05) is 5.56 Å². The summed E-state index contributed by atoms with van der Waals surface area (Å²) in [5.74, 6) is 0.723. The van der Waals surface area contributed by atoms with Gasteiger partial charge in [-0.15, -0.1) is 0 Å². The van der Waals surface area contributed by atoms with Gasteiger partial charge in [-0.1, -0.05) is 103 Å². The van der Waals surface area contributed by atoms with Gasteiger partial charge in [-0.25, -0.2) is 0 Å². The summed E-state index contributed by atoms with van der Waals surface area (Å²) in [6.45, 7) is 1.10. The summed E-state index contributed by atoms with van der Waals surface area (Å²) in [5, 5.41) is 3.79. The number of piperidine rings is 1. The van der Waals surface area contributed by atoms with Gasteiger partial charge in [-0.05, 0) is 95.6 Å². The number of hydrogen-bond acceptors (Lipinski definition) is 2. The molecule has 2 heterocycles. The second-order valence-corrected chi connectivity index (χ2v) is 11.1. The van der Waals surface area contributed by atoms with Crippen LogP contribution in [-0.4, -0.2) is 11.5 Å². The Kier molecular flexibility index (Phi) is 6.56. The molecule has 7 rings (SSSR count). The Morgan fingerprint density at radius 3 is 2.10 bits per heavy atom. The van der Waals surface area contributed by atoms with E-state index in [0.717, 1.165) is 31.0 Å². The second kappa shape index (κ2) is 10.6. The molecule has 0 saturated carbocycles. The van der Waals surface area contributed by atoms with Crippen LogP contribution >= 0.6 is 0 Å². The quantitative estimate of drug-likeness (QED) is 0.258. The van der Waals surface area contributed by atoms with Crippen molar-refractivity contribution in [1.82, 2.24) is 10.3 Å². The van der Waals surface area contributed by atoms with E-state index in [1.54, 1.807) is 0 Å². The van der Waals surface area contributed by atoms with Crippen LogP contribution in [0.5, 0.6) is 0 Å². The highest BCUT2D eigenvalue weighted by Crippen LogP contribution is 2.39. The minimum atomic E-state index is 0.408. The van der Waals surface area contributed by atoms with Gasteiger partial charge in [0.25, 0.3) is 0 Å². The number of hydrogen-bond donors (Lipinski definition) is 1. The van der Waals surface area contributed by atoms with E-state index in [2.05, 4.69) is 121 Å². The number of rotatable bonds is 5. The van der Waals surface area contributed by atoms with Crippen LogP contribution in [0.4, 0.5) is 0 Å². The van der Waals surface area contributed by atoms with Gasteiger partial charge in [0.2, 0.25) is 0 Å². The Labute approximate surface area is 231 Å². The summed E-state index contributed by atoms with van der Waals surface area (Å²) >= 11 is 0. The van der Waals surface area contributed by atoms with Crippen LogP contribution in [0.15, 0.2) is 115 Å². The molecule has 0 amide bonds. The van der Waals surface area contributed by atoms with Gasteiger partial charge in [-0.2, -0.15) is 0 Å². The van der Waals surface area contributed by atoms with Crippen LogP contribution in [0, 0.1) is 5.92 Å². The SMILES string of the molecule is c1ccc(-c2cc(Cc3ccccc3-c3ccc4c(n3)C3NCCCC3CC4)cc(-c3ccccc3)c2)cc1. The fraction of sp³-hybridized carbons (Fsp3) is 0.216. The minimum Gasteiger partial charge on any atom is -0.308 e. The zero-order chi connectivity index (χ0) is 26.0. The molecule has 5 aromatic rings. The molecule has 4 aromatic carbocycles. The van der Waals surface area contributed by atoms with Gasteiger partial charge in [-0.3, -0.25) is 4.98 Å². The monoisotopic (exact) mass is 506 g/mol. The van der Waals surface area contributed by atoms with Crippen LogP contribution in [0.1, 0.15) is 47.7 Å². The summed E-state index contributed by atoms with van der Waals surface area (Å²) < 4.78 is 0. The molecular weight excluding hydrogens is 472 g/mol. The Bertz CT molecular complexity index is 1530. The lowest BCUT2D eigenvalue weighted by molar-refractivity contribution is 0.249. The standard InChI is InChI=1S/C37H34N2/c1-3-10-27(11-4-1)32-23-26(24-33(25-32)28-12-5-2-6-13-28)22-31-14-7-8-16-34(31)35-20-19-30-18-17-29-15-9-21-38-36(29)37(30)39-35/h1-8,10-14,16,19-20,23-25,29,36,38H,9,15,17-18,21-22H2. The summed E-state index contributed by atoms with van der Waals surface area (Å²) in [4.78, 5) is 5.34. The van der Waals surface area contributed by atoms with E-state index in [1.165, 1.54) is 69.5 Å². The Balaban J connectivity index is 1.28. The molecule has 1 saturated heterocycles. The molecule has 1 aromatic heterocycles. The number of nitrogens with one attached hydrogen (secondary N) is 1. The first-order valence-electron chi connectivity index (χ1n) is 14.4. The molecule has 192 valence electrons. The summed E-state index contributed by atoms with van der Waals surface area (Å²) in [7, 11) is 0. The second-order valence-electron chi connectivity index (χ2n) is 11.1.